The Bertz CT molecular complexity index is 801. The minimum atomic E-state index is -1.21. The molecular formula is C16H13Cl2F2N3O2. The molecule has 132 valence electrons. The maximum Gasteiger partial charge on any atom is 0.326 e. The zero-order chi connectivity index (χ0) is 18.7. The maximum atomic E-state index is 13.5. The van der Waals surface area contributed by atoms with E-state index < -0.39 is 29.1 Å². The molecule has 0 saturated heterocycles. The molecule has 0 aliphatic carbocycles. The van der Waals surface area contributed by atoms with E-state index in [9.17, 15) is 18.4 Å². The first kappa shape index (κ1) is 19.0. The number of halogens is 4. The van der Waals surface area contributed by atoms with Gasteiger partial charge in [-0.05, 0) is 24.3 Å². The van der Waals surface area contributed by atoms with Crippen LogP contribution in [-0.4, -0.2) is 26.0 Å². The van der Waals surface area contributed by atoms with Gasteiger partial charge in [0.15, 0.2) is 0 Å². The number of hydrogen-bond donors (Lipinski definition) is 2. The molecule has 25 heavy (non-hydrogen) atoms. The lowest BCUT2D eigenvalue weighted by Gasteiger charge is -2.17. The first-order valence-corrected chi connectivity index (χ1v) is 7.69. The molecule has 0 unspecified atom stereocenters. The highest BCUT2D eigenvalue weighted by molar-refractivity contribution is 6.39. The van der Waals surface area contributed by atoms with Crippen molar-refractivity contribution in [3.8, 4) is 0 Å². The van der Waals surface area contributed by atoms with Crippen LogP contribution in [0.1, 0.15) is 10.4 Å². The predicted molar refractivity (Wildman–Crippen MR) is 93.6 cm³/mol. The number of anilines is 2. The first-order valence-electron chi connectivity index (χ1n) is 6.93. The minimum Gasteiger partial charge on any atom is -0.375 e. The van der Waals surface area contributed by atoms with E-state index in [0.717, 1.165) is 18.2 Å². The van der Waals surface area contributed by atoms with Crippen molar-refractivity contribution >= 4 is 46.5 Å². The first-order chi connectivity index (χ1) is 11.7. The molecule has 0 aromatic heterocycles. The minimum absolute atomic E-state index is 0.208. The molecule has 0 saturated carbocycles. The van der Waals surface area contributed by atoms with E-state index in [0.29, 0.717) is 5.69 Å². The number of amides is 3. The molecule has 0 bridgehead atoms. The SMILES string of the molecule is CN(C)c1c(Cl)cc(NC(=O)NC(=O)c2c(F)cccc2F)cc1Cl. The van der Waals surface area contributed by atoms with Crippen LogP contribution in [0.2, 0.25) is 10.0 Å². The summed E-state index contributed by atoms with van der Waals surface area (Å²) < 4.78 is 27.1. The van der Waals surface area contributed by atoms with Crippen molar-refractivity contribution in [3.05, 3.63) is 57.6 Å². The second-order valence-electron chi connectivity index (χ2n) is 5.19. The smallest absolute Gasteiger partial charge is 0.326 e. The van der Waals surface area contributed by atoms with Gasteiger partial charge in [0.25, 0.3) is 5.91 Å². The lowest BCUT2D eigenvalue weighted by Crippen LogP contribution is -2.35. The zero-order valence-corrected chi connectivity index (χ0v) is 14.7. The van der Waals surface area contributed by atoms with Crippen LogP contribution < -0.4 is 15.5 Å². The summed E-state index contributed by atoms with van der Waals surface area (Å²) in [5, 5.41) is 4.72. The number of nitrogens with one attached hydrogen (secondary N) is 2. The standard InChI is InChI=1S/C16H13Cl2F2N3O2/c1-23(2)14-9(17)6-8(7-10(14)18)21-16(25)22-15(24)13-11(19)4-3-5-12(13)20/h3-7H,1-2H3,(H2,21,22,24,25). The highest BCUT2D eigenvalue weighted by Crippen LogP contribution is 2.35. The fourth-order valence-corrected chi connectivity index (χ4v) is 2.93. The molecule has 0 heterocycles. The Kier molecular flexibility index (Phi) is 5.81. The number of imide groups is 1. The molecule has 0 fully saturated rings. The average molecular weight is 388 g/mol. The van der Waals surface area contributed by atoms with E-state index in [-0.39, 0.29) is 15.7 Å². The molecule has 0 atom stereocenters. The van der Waals surface area contributed by atoms with Gasteiger partial charge in [0.05, 0.1) is 15.7 Å². The summed E-state index contributed by atoms with van der Waals surface area (Å²) in [5.74, 6) is -3.37. The van der Waals surface area contributed by atoms with Crippen LogP contribution in [0.25, 0.3) is 0 Å². The van der Waals surface area contributed by atoms with Crippen LogP contribution in [0.3, 0.4) is 0 Å². The highest BCUT2D eigenvalue weighted by Gasteiger charge is 2.19. The van der Waals surface area contributed by atoms with Gasteiger partial charge in [-0.3, -0.25) is 10.1 Å². The number of benzene rings is 2. The van der Waals surface area contributed by atoms with Gasteiger partial charge in [-0.2, -0.15) is 0 Å². The molecule has 5 nitrogen and oxygen atoms in total. The van der Waals surface area contributed by atoms with Gasteiger partial charge in [0, 0.05) is 19.8 Å². The molecule has 2 N–H and O–H groups in total. The van der Waals surface area contributed by atoms with Crippen LogP contribution in [0.15, 0.2) is 30.3 Å². The second-order valence-corrected chi connectivity index (χ2v) is 6.00. The van der Waals surface area contributed by atoms with Crippen molar-refractivity contribution in [1.82, 2.24) is 5.32 Å². The van der Waals surface area contributed by atoms with Gasteiger partial charge in [0.2, 0.25) is 0 Å². The normalized spacial score (nSPS) is 10.3. The number of rotatable bonds is 3. The number of carbonyl (C=O) groups is 2. The maximum absolute atomic E-state index is 13.5. The molecule has 9 heteroatoms. The highest BCUT2D eigenvalue weighted by atomic mass is 35.5. The summed E-state index contributed by atoms with van der Waals surface area (Å²) in [6, 6.07) is 4.80. The Morgan fingerprint density at radius 2 is 1.56 bits per heavy atom. The monoisotopic (exact) mass is 387 g/mol. The fraction of sp³-hybridized carbons (Fsp3) is 0.125. The molecular weight excluding hydrogens is 375 g/mol. The summed E-state index contributed by atoms with van der Waals surface area (Å²) in [4.78, 5) is 25.4. The summed E-state index contributed by atoms with van der Waals surface area (Å²) in [6.45, 7) is 0. The van der Waals surface area contributed by atoms with E-state index in [2.05, 4.69) is 5.32 Å². The van der Waals surface area contributed by atoms with Crippen LogP contribution in [-0.2, 0) is 0 Å². The third-order valence-corrected chi connectivity index (χ3v) is 3.72. The van der Waals surface area contributed by atoms with Gasteiger partial charge in [-0.25, -0.2) is 13.6 Å². The lowest BCUT2D eigenvalue weighted by molar-refractivity contribution is 0.0959. The molecule has 0 spiro atoms. The van der Waals surface area contributed by atoms with Crippen molar-refractivity contribution in [2.24, 2.45) is 0 Å². The summed E-state index contributed by atoms with van der Waals surface area (Å²) in [6.07, 6.45) is 0. The third kappa shape index (κ3) is 4.37. The Morgan fingerprint density at radius 1 is 1.04 bits per heavy atom. The average Bonchev–Trinajstić information content (AvgIpc) is 2.45. The quantitative estimate of drug-likeness (QED) is 0.825. The van der Waals surface area contributed by atoms with E-state index in [1.165, 1.54) is 12.1 Å². The van der Waals surface area contributed by atoms with E-state index in [4.69, 9.17) is 23.2 Å². The zero-order valence-electron chi connectivity index (χ0n) is 13.2. The van der Waals surface area contributed by atoms with Crippen LogP contribution in [0, 0.1) is 11.6 Å². The number of nitrogens with zero attached hydrogens (tertiary/aromatic N) is 1. The number of carbonyl (C=O) groups excluding carboxylic acids is 2. The Morgan fingerprint density at radius 3 is 2.04 bits per heavy atom. The van der Waals surface area contributed by atoms with Crippen molar-refractivity contribution < 1.29 is 18.4 Å². The molecule has 2 aromatic rings. The largest absolute Gasteiger partial charge is 0.375 e. The van der Waals surface area contributed by atoms with Gasteiger partial charge >= 0.3 is 6.03 Å². The van der Waals surface area contributed by atoms with Crippen LogP contribution >= 0.6 is 23.2 Å². The lowest BCUT2D eigenvalue weighted by atomic mass is 10.2. The van der Waals surface area contributed by atoms with Crippen molar-refractivity contribution in [1.29, 1.82) is 0 Å². The topological polar surface area (TPSA) is 61.4 Å². The molecule has 0 radical (unpaired) electrons. The second kappa shape index (κ2) is 7.67. The summed E-state index contributed by atoms with van der Waals surface area (Å²) >= 11 is 12.2. The Balaban J connectivity index is 2.14. The molecule has 2 aromatic carbocycles. The Labute approximate surface area is 152 Å². The van der Waals surface area contributed by atoms with Crippen LogP contribution in [0.5, 0.6) is 0 Å². The number of urea groups is 1. The third-order valence-electron chi connectivity index (χ3n) is 3.14. The van der Waals surface area contributed by atoms with E-state index in [1.807, 2.05) is 5.32 Å². The van der Waals surface area contributed by atoms with Crippen molar-refractivity contribution in [2.45, 2.75) is 0 Å². The van der Waals surface area contributed by atoms with Gasteiger partial charge in [0.1, 0.15) is 17.2 Å². The van der Waals surface area contributed by atoms with Gasteiger partial charge in [-0.1, -0.05) is 29.3 Å². The van der Waals surface area contributed by atoms with E-state index in [1.54, 1.807) is 19.0 Å². The molecule has 0 aliphatic rings. The summed E-state index contributed by atoms with van der Waals surface area (Å²) in [7, 11) is 3.49. The summed E-state index contributed by atoms with van der Waals surface area (Å²) in [5.41, 5.74) is -0.0876. The van der Waals surface area contributed by atoms with Crippen molar-refractivity contribution in [3.63, 3.8) is 0 Å². The molecule has 3 amide bonds. The molecule has 2 rings (SSSR count). The van der Waals surface area contributed by atoms with Crippen LogP contribution in [0.4, 0.5) is 25.0 Å². The van der Waals surface area contributed by atoms with Gasteiger partial charge in [-0.15, -0.1) is 0 Å². The Hall–Kier alpha value is -2.38. The number of hydrogen-bond acceptors (Lipinski definition) is 3. The van der Waals surface area contributed by atoms with Gasteiger partial charge < -0.3 is 10.2 Å². The fourth-order valence-electron chi connectivity index (χ4n) is 2.11. The van der Waals surface area contributed by atoms with Crippen molar-refractivity contribution in [2.75, 3.05) is 24.3 Å². The van der Waals surface area contributed by atoms with E-state index >= 15 is 0 Å². The predicted octanol–water partition coefficient (Wildman–Crippen LogP) is 4.30. The molecule has 0 aliphatic heterocycles.